The largest absolute Gasteiger partial charge is 0.477 e. The molecule has 14 heteroatoms. The number of nitrogens with one attached hydrogen (secondary N) is 1. The summed E-state index contributed by atoms with van der Waals surface area (Å²) in [5.74, 6) is -0.0525. The third-order valence-corrected chi connectivity index (χ3v) is 7.04. The van der Waals surface area contributed by atoms with E-state index in [9.17, 15) is 23.3 Å². The van der Waals surface area contributed by atoms with Crippen LogP contribution in [0.15, 0.2) is 35.2 Å². The number of ether oxygens (including phenoxy) is 4. The van der Waals surface area contributed by atoms with Crippen LogP contribution in [0.25, 0.3) is 0 Å². The number of fused-ring (bicyclic) bond motifs is 1. The first-order valence-corrected chi connectivity index (χ1v) is 11.5. The third kappa shape index (κ3) is 4.95. The van der Waals surface area contributed by atoms with E-state index < -0.39 is 33.1 Å². The van der Waals surface area contributed by atoms with Crippen LogP contribution in [0, 0.1) is 10.1 Å². The molecule has 33 heavy (non-hydrogen) atoms. The average Bonchev–Trinajstić information content (AvgIpc) is 3.25. The Morgan fingerprint density at radius 1 is 1.18 bits per heavy atom. The Labute approximate surface area is 193 Å². The minimum atomic E-state index is -3.94. The summed E-state index contributed by atoms with van der Waals surface area (Å²) in [6.07, 6.45) is 0. The Bertz CT molecular complexity index is 1200. The zero-order valence-corrected chi connectivity index (χ0v) is 18.6. The zero-order chi connectivity index (χ0) is 23.6. The highest BCUT2D eigenvalue weighted by Crippen LogP contribution is 2.39. The monoisotopic (exact) mass is 499 g/mol. The lowest BCUT2D eigenvalue weighted by atomic mass is 10.2. The molecule has 0 spiro atoms. The Morgan fingerprint density at radius 3 is 2.58 bits per heavy atom. The first-order chi connectivity index (χ1) is 15.8. The van der Waals surface area contributed by atoms with E-state index in [-0.39, 0.29) is 54.5 Å². The van der Waals surface area contributed by atoms with E-state index in [1.807, 2.05) is 0 Å². The van der Waals surface area contributed by atoms with Crippen molar-refractivity contribution in [3.8, 4) is 17.2 Å². The van der Waals surface area contributed by atoms with Crippen molar-refractivity contribution in [3.05, 3.63) is 45.5 Å². The van der Waals surface area contributed by atoms with Gasteiger partial charge in [0, 0.05) is 31.3 Å². The molecule has 2 aliphatic heterocycles. The van der Waals surface area contributed by atoms with Gasteiger partial charge in [0.1, 0.15) is 0 Å². The third-order valence-electron chi connectivity index (χ3n) is 4.83. The van der Waals surface area contributed by atoms with E-state index in [1.165, 1.54) is 22.5 Å². The molecular weight excluding hydrogens is 482 g/mol. The molecule has 0 unspecified atom stereocenters. The molecule has 0 radical (unpaired) electrons. The molecule has 1 fully saturated rings. The number of carbonyl (C=O) groups is 1. The van der Waals surface area contributed by atoms with Crippen molar-refractivity contribution in [1.29, 1.82) is 0 Å². The van der Waals surface area contributed by atoms with Crippen LogP contribution >= 0.6 is 11.6 Å². The van der Waals surface area contributed by atoms with E-state index in [2.05, 4.69) is 5.32 Å². The number of rotatable bonds is 7. The SMILES string of the molecule is O=C(COc1ccc(S(=O)(=O)N2CCOCC2)cc1[N+](=O)[O-])Nc1cc2c(cc1Cl)OCO2. The van der Waals surface area contributed by atoms with Gasteiger partial charge in [-0.3, -0.25) is 14.9 Å². The van der Waals surface area contributed by atoms with Crippen molar-refractivity contribution < 1.29 is 37.1 Å². The van der Waals surface area contributed by atoms with Crippen LogP contribution in [0.1, 0.15) is 0 Å². The molecule has 1 amide bonds. The van der Waals surface area contributed by atoms with Crippen molar-refractivity contribution in [2.45, 2.75) is 4.90 Å². The second kappa shape index (κ2) is 9.39. The Morgan fingerprint density at radius 2 is 1.88 bits per heavy atom. The lowest BCUT2D eigenvalue weighted by Gasteiger charge is -2.26. The van der Waals surface area contributed by atoms with Gasteiger partial charge in [0.05, 0.1) is 33.7 Å². The normalized spacial score (nSPS) is 15.8. The summed E-state index contributed by atoms with van der Waals surface area (Å²) in [4.78, 5) is 22.8. The van der Waals surface area contributed by atoms with Crippen molar-refractivity contribution in [2.24, 2.45) is 0 Å². The van der Waals surface area contributed by atoms with Crippen molar-refractivity contribution in [1.82, 2.24) is 4.31 Å². The molecule has 2 aromatic carbocycles. The molecular formula is C19H18ClN3O9S. The number of carbonyl (C=O) groups excluding carboxylic acids is 1. The predicted octanol–water partition coefficient (Wildman–Crippen LogP) is 2.02. The molecule has 2 aliphatic rings. The van der Waals surface area contributed by atoms with Gasteiger partial charge in [0.15, 0.2) is 23.9 Å². The maximum Gasteiger partial charge on any atom is 0.312 e. The fourth-order valence-electron chi connectivity index (χ4n) is 3.20. The highest BCUT2D eigenvalue weighted by Gasteiger charge is 2.29. The van der Waals surface area contributed by atoms with Gasteiger partial charge in [0.25, 0.3) is 5.91 Å². The predicted molar refractivity (Wildman–Crippen MR) is 114 cm³/mol. The Hall–Kier alpha value is -3.13. The highest BCUT2D eigenvalue weighted by molar-refractivity contribution is 7.89. The van der Waals surface area contributed by atoms with E-state index in [0.29, 0.717) is 11.5 Å². The minimum absolute atomic E-state index is 0.0348. The van der Waals surface area contributed by atoms with E-state index in [4.69, 9.17) is 30.5 Å². The number of anilines is 1. The first-order valence-electron chi connectivity index (χ1n) is 9.64. The summed E-state index contributed by atoms with van der Waals surface area (Å²) < 4.78 is 47.6. The van der Waals surface area contributed by atoms with Gasteiger partial charge < -0.3 is 24.3 Å². The van der Waals surface area contributed by atoms with Gasteiger partial charge in [-0.25, -0.2) is 8.42 Å². The molecule has 1 saturated heterocycles. The molecule has 2 aromatic rings. The van der Waals surface area contributed by atoms with Gasteiger partial charge in [-0.15, -0.1) is 0 Å². The molecule has 0 aromatic heterocycles. The quantitative estimate of drug-likeness (QED) is 0.446. The maximum atomic E-state index is 12.8. The summed E-state index contributed by atoms with van der Waals surface area (Å²) in [6, 6.07) is 6.22. The second-order valence-corrected chi connectivity index (χ2v) is 9.27. The number of halogens is 1. The number of nitro benzene ring substituents is 1. The number of nitrogens with zero attached hydrogens (tertiary/aromatic N) is 2. The standard InChI is InChI=1S/C19H18ClN3O9S/c20-13-8-17-18(32-11-31-17)9-14(13)21-19(24)10-30-16-2-1-12(7-15(16)23(25)26)33(27,28)22-3-5-29-6-4-22/h1-2,7-9H,3-6,10-11H2,(H,21,24). The molecule has 12 nitrogen and oxygen atoms in total. The summed E-state index contributed by atoms with van der Waals surface area (Å²) in [5, 5.41) is 14.2. The van der Waals surface area contributed by atoms with Crippen molar-refractivity contribution in [3.63, 3.8) is 0 Å². The number of sulfonamides is 1. The molecule has 0 saturated carbocycles. The lowest BCUT2D eigenvalue weighted by Crippen LogP contribution is -2.40. The number of morpholine rings is 1. The van der Waals surface area contributed by atoms with Gasteiger partial charge in [-0.2, -0.15) is 4.31 Å². The molecule has 0 aliphatic carbocycles. The summed E-state index contributed by atoms with van der Waals surface area (Å²) in [6.45, 7) is 0.234. The van der Waals surface area contributed by atoms with Crippen molar-refractivity contribution >= 4 is 38.9 Å². The molecule has 0 bridgehead atoms. The zero-order valence-electron chi connectivity index (χ0n) is 17.0. The lowest BCUT2D eigenvalue weighted by molar-refractivity contribution is -0.386. The second-order valence-electron chi connectivity index (χ2n) is 6.93. The first kappa shape index (κ1) is 23.0. The van der Waals surface area contributed by atoms with Crippen LogP contribution in [0.3, 0.4) is 0 Å². The van der Waals surface area contributed by atoms with Crippen molar-refractivity contribution in [2.75, 3.05) is 45.0 Å². The van der Waals surface area contributed by atoms with E-state index in [0.717, 1.165) is 12.1 Å². The van der Waals surface area contributed by atoms with Gasteiger partial charge in [-0.05, 0) is 12.1 Å². The van der Waals surface area contributed by atoms with Crippen LogP contribution in [-0.4, -0.2) is 63.3 Å². The number of benzene rings is 2. The van der Waals surface area contributed by atoms with E-state index >= 15 is 0 Å². The fraction of sp³-hybridized carbons (Fsp3) is 0.316. The molecule has 2 heterocycles. The Balaban J connectivity index is 1.47. The molecule has 4 rings (SSSR count). The van der Waals surface area contributed by atoms with Gasteiger partial charge in [0.2, 0.25) is 16.8 Å². The molecule has 1 N–H and O–H groups in total. The minimum Gasteiger partial charge on any atom is -0.477 e. The number of hydrogen-bond donors (Lipinski definition) is 1. The van der Waals surface area contributed by atoms with Crippen LogP contribution in [0.4, 0.5) is 11.4 Å². The van der Waals surface area contributed by atoms with E-state index in [1.54, 1.807) is 0 Å². The van der Waals surface area contributed by atoms with Crippen LogP contribution in [0.2, 0.25) is 5.02 Å². The van der Waals surface area contributed by atoms with Gasteiger partial charge in [-0.1, -0.05) is 11.6 Å². The maximum absolute atomic E-state index is 12.8. The summed E-state index contributed by atoms with van der Waals surface area (Å²) >= 11 is 6.11. The smallest absolute Gasteiger partial charge is 0.312 e. The number of nitro groups is 1. The van der Waals surface area contributed by atoms with Crippen LogP contribution in [-0.2, 0) is 19.6 Å². The van der Waals surface area contributed by atoms with Crippen LogP contribution < -0.4 is 19.5 Å². The topological polar surface area (TPSA) is 147 Å². The summed E-state index contributed by atoms with van der Waals surface area (Å²) in [5.41, 5.74) is -0.339. The number of amides is 1. The molecule has 176 valence electrons. The number of hydrogen-bond acceptors (Lipinski definition) is 9. The Kier molecular flexibility index (Phi) is 6.56. The highest BCUT2D eigenvalue weighted by atomic mass is 35.5. The summed E-state index contributed by atoms with van der Waals surface area (Å²) in [7, 11) is -3.94. The van der Waals surface area contributed by atoms with Crippen LogP contribution in [0.5, 0.6) is 17.2 Å². The fourth-order valence-corrected chi connectivity index (χ4v) is 4.83. The molecule has 0 atom stereocenters. The van der Waals surface area contributed by atoms with Gasteiger partial charge >= 0.3 is 5.69 Å². The average molecular weight is 500 g/mol.